The maximum Gasteiger partial charge on any atom is 0.213 e. The summed E-state index contributed by atoms with van der Waals surface area (Å²) in [5, 5.41) is 8.89. The molecule has 15 heavy (non-hydrogen) atoms. The summed E-state index contributed by atoms with van der Waals surface area (Å²) < 4.78 is 1.86. The Bertz CT molecular complexity index is 344. The van der Waals surface area contributed by atoms with Gasteiger partial charge in [0, 0.05) is 12.5 Å². The zero-order valence-corrected chi connectivity index (χ0v) is 8.89. The van der Waals surface area contributed by atoms with Crippen molar-refractivity contribution in [3.8, 4) is 0 Å². The van der Waals surface area contributed by atoms with Crippen molar-refractivity contribution in [3.63, 3.8) is 0 Å². The lowest BCUT2D eigenvalue weighted by Crippen LogP contribution is -2.23. The molecule has 0 spiro atoms. The van der Waals surface area contributed by atoms with Crippen molar-refractivity contribution in [2.24, 2.45) is 0 Å². The van der Waals surface area contributed by atoms with E-state index in [2.05, 4.69) is 0 Å². The molecule has 1 aromatic rings. The van der Waals surface area contributed by atoms with Gasteiger partial charge < -0.3 is 5.11 Å². The SMILES string of the molecule is CC(C=O)=[N+](CCO)Cc1ccccc1. The van der Waals surface area contributed by atoms with Gasteiger partial charge in [-0.15, -0.1) is 0 Å². The number of nitrogens with zero attached hydrogens (tertiary/aromatic N) is 1. The molecule has 0 saturated carbocycles. The van der Waals surface area contributed by atoms with Crippen LogP contribution in [0.25, 0.3) is 0 Å². The Morgan fingerprint density at radius 1 is 1.40 bits per heavy atom. The van der Waals surface area contributed by atoms with Crippen LogP contribution < -0.4 is 0 Å². The molecular formula is C12H16NO2+. The first kappa shape index (κ1) is 11.6. The highest BCUT2D eigenvalue weighted by atomic mass is 16.3. The van der Waals surface area contributed by atoms with Crippen molar-refractivity contribution in [1.29, 1.82) is 0 Å². The van der Waals surface area contributed by atoms with E-state index in [9.17, 15) is 4.79 Å². The Morgan fingerprint density at radius 2 is 2.07 bits per heavy atom. The van der Waals surface area contributed by atoms with Crippen molar-refractivity contribution < 1.29 is 14.5 Å². The fourth-order valence-electron chi connectivity index (χ4n) is 1.38. The average Bonchev–Trinajstić information content (AvgIpc) is 2.29. The number of hydrogen-bond donors (Lipinski definition) is 1. The molecule has 0 bridgehead atoms. The molecule has 80 valence electrons. The number of carbonyl (C=O) groups is 1. The molecule has 0 aliphatic rings. The maximum atomic E-state index is 10.7. The van der Waals surface area contributed by atoms with Crippen LogP contribution in [0.1, 0.15) is 12.5 Å². The highest BCUT2D eigenvalue weighted by molar-refractivity contribution is 6.24. The quantitative estimate of drug-likeness (QED) is 0.441. The fourth-order valence-corrected chi connectivity index (χ4v) is 1.38. The first-order valence-electron chi connectivity index (χ1n) is 4.96. The van der Waals surface area contributed by atoms with Crippen molar-refractivity contribution in [2.45, 2.75) is 13.5 Å². The van der Waals surface area contributed by atoms with Crippen LogP contribution in [0.15, 0.2) is 30.3 Å². The van der Waals surface area contributed by atoms with Crippen molar-refractivity contribution in [1.82, 2.24) is 0 Å². The van der Waals surface area contributed by atoms with Gasteiger partial charge in [-0.1, -0.05) is 30.3 Å². The Morgan fingerprint density at radius 3 is 2.60 bits per heavy atom. The van der Waals surface area contributed by atoms with Gasteiger partial charge in [-0.25, -0.2) is 4.58 Å². The van der Waals surface area contributed by atoms with Crippen LogP contribution in [0.3, 0.4) is 0 Å². The molecule has 0 unspecified atom stereocenters. The monoisotopic (exact) mass is 206 g/mol. The van der Waals surface area contributed by atoms with E-state index in [-0.39, 0.29) is 6.61 Å². The molecule has 0 amide bonds. The second kappa shape index (κ2) is 6.09. The van der Waals surface area contributed by atoms with Gasteiger partial charge in [0.2, 0.25) is 12.0 Å². The highest BCUT2D eigenvalue weighted by Gasteiger charge is 2.09. The molecule has 1 rings (SSSR count). The van der Waals surface area contributed by atoms with Crippen LogP contribution >= 0.6 is 0 Å². The van der Waals surface area contributed by atoms with E-state index in [1.165, 1.54) is 0 Å². The lowest BCUT2D eigenvalue weighted by atomic mass is 10.2. The van der Waals surface area contributed by atoms with E-state index in [4.69, 9.17) is 5.11 Å². The van der Waals surface area contributed by atoms with Crippen LogP contribution in [0.4, 0.5) is 0 Å². The van der Waals surface area contributed by atoms with Gasteiger partial charge in [-0.3, -0.25) is 4.79 Å². The summed E-state index contributed by atoms with van der Waals surface area (Å²) in [5.41, 5.74) is 1.78. The van der Waals surface area contributed by atoms with Gasteiger partial charge in [0.1, 0.15) is 6.61 Å². The van der Waals surface area contributed by atoms with Gasteiger partial charge in [0.15, 0.2) is 13.1 Å². The van der Waals surface area contributed by atoms with E-state index >= 15 is 0 Å². The molecule has 3 heteroatoms. The third kappa shape index (κ3) is 3.64. The van der Waals surface area contributed by atoms with Crippen molar-refractivity contribution >= 4 is 12.0 Å². The Kier molecular flexibility index (Phi) is 4.71. The van der Waals surface area contributed by atoms with Crippen molar-refractivity contribution in [2.75, 3.05) is 13.2 Å². The molecule has 0 atom stereocenters. The number of carbonyl (C=O) groups excluding carboxylic acids is 1. The van der Waals surface area contributed by atoms with E-state index in [0.717, 1.165) is 11.8 Å². The summed E-state index contributed by atoms with van der Waals surface area (Å²) in [6, 6.07) is 9.88. The molecule has 0 radical (unpaired) electrons. The summed E-state index contributed by atoms with van der Waals surface area (Å²) in [6.45, 7) is 2.95. The predicted molar refractivity (Wildman–Crippen MR) is 59.1 cm³/mol. The van der Waals surface area contributed by atoms with E-state index < -0.39 is 0 Å². The van der Waals surface area contributed by atoms with Gasteiger partial charge in [0.05, 0.1) is 0 Å². The minimum Gasteiger partial charge on any atom is -0.390 e. The summed E-state index contributed by atoms with van der Waals surface area (Å²) in [6.07, 6.45) is 0.818. The molecule has 0 fully saturated rings. The third-order valence-electron chi connectivity index (χ3n) is 2.26. The minimum absolute atomic E-state index is 0.0536. The largest absolute Gasteiger partial charge is 0.390 e. The van der Waals surface area contributed by atoms with Gasteiger partial charge in [-0.2, -0.15) is 0 Å². The molecule has 0 saturated heterocycles. The Balaban J connectivity index is 2.80. The standard InChI is InChI=1S/C12H16NO2/c1-11(10-15)13(7-8-14)9-12-5-3-2-4-6-12/h2-6,10,14H,7-9H2,1H3/q+1. The van der Waals surface area contributed by atoms with E-state index in [0.29, 0.717) is 18.8 Å². The molecule has 0 heterocycles. The number of benzene rings is 1. The Hall–Kier alpha value is -1.48. The minimum atomic E-state index is 0.0536. The number of hydrogen-bond acceptors (Lipinski definition) is 2. The van der Waals surface area contributed by atoms with E-state index in [1.54, 1.807) is 6.92 Å². The van der Waals surface area contributed by atoms with Gasteiger partial charge in [-0.05, 0) is 0 Å². The Labute approximate surface area is 89.7 Å². The van der Waals surface area contributed by atoms with Crippen LogP contribution in [-0.4, -0.2) is 34.8 Å². The third-order valence-corrected chi connectivity index (χ3v) is 2.26. The number of aldehydes is 1. The van der Waals surface area contributed by atoms with Gasteiger partial charge in [0.25, 0.3) is 0 Å². The van der Waals surface area contributed by atoms with Crippen LogP contribution in [0, 0.1) is 0 Å². The highest BCUT2D eigenvalue weighted by Crippen LogP contribution is 2.00. The molecule has 1 N–H and O–H groups in total. The molecular weight excluding hydrogens is 190 g/mol. The van der Waals surface area contributed by atoms with E-state index in [1.807, 2.05) is 34.9 Å². The first-order valence-corrected chi connectivity index (χ1v) is 4.96. The number of aliphatic hydroxyl groups excluding tert-OH is 1. The first-order chi connectivity index (χ1) is 7.27. The van der Waals surface area contributed by atoms with Crippen LogP contribution in [0.2, 0.25) is 0 Å². The molecule has 3 nitrogen and oxygen atoms in total. The van der Waals surface area contributed by atoms with Crippen LogP contribution in [-0.2, 0) is 11.3 Å². The lowest BCUT2D eigenvalue weighted by Gasteiger charge is -2.03. The van der Waals surface area contributed by atoms with Crippen LogP contribution in [0.5, 0.6) is 0 Å². The summed E-state index contributed by atoms with van der Waals surface area (Å²) in [7, 11) is 0. The topological polar surface area (TPSA) is 40.3 Å². The molecule has 0 aliphatic heterocycles. The number of rotatable bonds is 5. The zero-order chi connectivity index (χ0) is 11.1. The second-order valence-corrected chi connectivity index (χ2v) is 3.39. The smallest absolute Gasteiger partial charge is 0.213 e. The lowest BCUT2D eigenvalue weighted by molar-refractivity contribution is -0.545. The molecule has 0 aromatic heterocycles. The van der Waals surface area contributed by atoms with Gasteiger partial charge >= 0.3 is 0 Å². The van der Waals surface area contributed by atoms with Crippen molar-refractivity contribution in [3.05, 3.63) is 35.9 Å². The maximum absolute atomic E-state index is 10.7. The predicted octanol–water partition coefficient (Wildman–Crippen LogP) is 0.851. The number of aliphatic hydroxyl groups is 1. The molecule has 1 aromatic carbocycles. The summed E-state index contributed by atoms with van der Waals surface area (Å²) >= 11 is 0. The normalized spacial score (nSPS) is 12.1. The summed E-state index contributed by atoms with van der Waals surface area (Å²) in [4.78, 5) is 10.7. The fraction of sp³-hybridized carbons (Fsp3) is 0.333. The summed E-state index contributed by atoms with van der Waals surface area (Å²) in [5.74, 6) is 0. The second-order valence-electron chi connectivity index (χ2n) is 3.39. The molecule has 0 aliphatic carbocycles. The zero-order valence-electron chi connectivity index (χ0n) is 8.89. The average molecular weight is 206 g/mol.